The first-order chi connectivity index (χ1) is 9.10. The molecule has 1 aromatic carbocycles. The minimum Gasteiger partial charge on any atom is -0.497 e. The fourth-order valence-corrected chi connectivity index (χ4v) is 2.11. The maximum atomic E-state index is 13.9. The van der Waals surface area contributed by atoms with Crippen LogP contribution in [0.5, 0.6) is 5.75 Å². The fourth-order valence-electron chi connectivity index (χ4n) is 2.11. The van der Waals surface area contributed by atoms with Crippen molar-refractivity contribution in [2.75, 3.05) is 7.11 Å². The second-order valence-corrected chi connectivity index (χ2v) is 4.95. The largest absolute Gasteiger partial charge is 0.497 e. The molecule has 0 spiro atoms. The standard InChI is InChI=1S/C16H24F2O/c1-3-4-5-6-7-8-13-16(17,18)14-9-11-15(19-2)12-10-14/h9-12H,3-8,13H2,1-2H3. The number of benzene rings is 1. The lowest BCUT2D eigenvalue weighted by Crippen LogP contribution is -2.13. The van der Waals surface area contributed by atoms with E-state index < -0.39 is 5.92 Å². The van der Waals surface area contributed by atoms with Gasteiger partial charge in [0.2, 0.25) is 0 Å². The third-order valence-electron chi connectivity index (χ3n) is 3.36. The number of alkyl halides is 2. The molecule has 1 nitrogen and oxygen atoms in total. The molecule has 0 bridgehead atoms. The smallest absolute Gasteiger partial charge is 0.273 e. The van der Waals surface area contributed by atoms with Crippen LogP contribution in [0.15, 0.2) is 24.3 Å². The Hall–Kier alpha value is -1.12. The minimum absolute atomic E-state index is 0.0640. The maximum Gasteiger partial charge on any atom is 0.273 e. The quantitative estimate of drug-likeness (QED) is 0.535. The maximum absolute atomic E-state index is 13.9. The van der Waals surface area contributed by atoms with Crippen LogP contribution in [0.2, 0.25) is 0 Å². The molecule has 0 heterocycles. The van der Waals surface area contributed by atoms with Crippen molar-refractivity contribution < 1.29 is 13.5 Å². The van der Waals surface area contributed by atoms with Crippen LogP contribution in [0, 0.1) is 0 Å². The van der Waals surface area contributed by atoms with Crippen molar-refractivity contribution >= 4 is 0 Å². The molecule has 0 atom stereocenters. The van der Waals surface area contributed by atoms with Gasteiger partial charge in [0.05, 0.1) is 7.11 Å². The molecule has 19 heavy (non-hydrogen) atoms. The summed E-state index contributed by atoms with van der Waals surface area (Å²) in [4.78, 5) is 0. The summed E-state index contributed by atoms with van der Waals surface area (Å²) in [5.74, 6) is -2.11. The number of rotatable bonds is 9. The molecular formula is C16H24F2O. The number of ether oxygens (including phenoxy) is 1. The Labute approximate surface area is 115 Å². The summed E-state index contributed by atoms with van der Waals surface area (Å²) in [5.41, 5.74) is 0.0851. The van der Waals surface area contributed by atoms with Crippen molar-refractivity contribution in [2.45, 2.75) is 57.8 Å². The summed E-state index contributed by atoms with van der Waals surface area (Å²) in [6.07, 6.45) is 6.02. The average molecular weight is 270 g/mol. The zero-order chi connectivity index (χ0) is 14.1. The van der Waals surface area contributed by atoms with Gasteiger partial charge >= 0.3 is 0 Å². The average Bonchev–Trinajstić information content (AvgIpc) is 2.43. The Morgan fingerprint density at radius 2 is 1.53 bits per heavy atom. The lowest BCUT2D eigenvalue weighted by molar-refractivity contribution is -0.0158. The first kappa shape index (κ1) is 15.9. The highest BCUT2D eigenvalue weighted by molar-refractivity contribution is 5.29. The Bertz CT molecular complexity index is 346. The molecule has 0 fully saturated rings. The zero-order valence-corrected chi connectivity index (χ0v) is 11.9. The molecule has 0 unspecified atom stereocenters. The number of unbranched alkanes of at least 4 members (excludes halogenated alkanes) is 5. The second-order valence-electron chi connectivity index (χ2n) is 4.95. The van der Waals surface area contributed by atoms with E-state index in [1.165, 1.54) is 32.1 Å². The molecule has 0 saturated heterocycles. The first-order valence-electron chi connectivity index (χ1n) is 7.12. The van der Waals surface area contributed by atoms with E-state index in [-0.39, 0.29) is 12.0 Å². The van der Waals surface area contributed by atoms with Crippen molar-refractivity contribution in [3.05, 3.63) is 29.8 Å². The van der Waals surface area contributed by atoms with E-state index in [0.29, 0.717) is 12.2 Å². The molecular weight excluding hydrogens is 246 g/mol. The van der Waals surface area contributed by atoms with Gasteiger partial charge in [0.15, 0.2) is 0 Å². The molecule has 0 amide bonds. The zero-order valence-electron chi connectivity index (χ0n) is 11.9. The lowest BCUT2D eigenvalue weighted by Gasteiger charge is -2.17. The van der Waals surface area contributed by atoms with Crippen LogP contribution in [-0.4, -0.2) is 7.11 Å². The topological polar surface area (TPSA) is 9.23 Å². The highest BCUT2D eigenvalue weighted by Crippen LogP contribution is 2.34. The van der Waals surface area contributed by atoms with E-state index in [2.05, 4.69) is 6.92 Å². The Morgan fingerprint density at radius 1 is 0.947 bits per heavy atom. The third-order valence-corrected chi connectivity index (χ3v) is 3.36. The van der Waals surface area contributed by atoms with Crippen LogP contribution >= 0.6 is 0 Å². The van der Waals surface area contributed by atoms with Gasteiger partial charge in [-0.3, -0.25) is 0 Å². The third kappa shape index (κ3) is 5.58. The van der Waals surface area contributed by atoms with Gasteiger partial charge in [-0.15, -0.1) is 0 Å². The van der Waals surface area contributed by atoms with Crippen LogP contribution in [-0.2, 0) is 5.92 Å². The van der Waals surface area contributed by atoms with Gasteiger partial charge in [0.25, 0.3) is 5.92 Å². The van der Waals surface area contributed by atoms with Crippen molar-refractivity contribution in [1.82, 2.24) is 0 Å². The van der Waals surface area contributed by atoms with E-state index in [1.807, 2.05) is 0 Å². The Morgan fingerprint density at radius 3 is 2.11 bits per heavy atom. The van der Waals surface area contributed by atoms with Gasteiger partial charge in [0.1, 0.15) is 5.75 Å². The number of hydrogen-bond donors (Lipinski definition) is 0. The summed E-state index contributed by atoms with van der Waals surface area (Å²) in [7, 11) is 1.53. The summed E-state index contributed by atoms with van der Waals surface area (Å²) in [6.45, 7) is 2.15. The summed E-state index contributed by atoms with van der Waals surface area (Å²) in [5, 5.41) is 0. The van der Waals surface area contributed by atoms with E-state index in [9.17, 15) is 8.78 Å². The van der Waals surface area contributed by atoms with Gasteiger partial charge in [-0.05, 0) is 30.7 Å². The Balaban J connectivity index is 2.37. The van der Waals surface area contributed by atoms with E-state index >= 15 is 0 Å². The predicted octanol–water partition coefficient (Wildman–Crippen LogP) is 5.54. The normalized spacial score (nSPS) is 11.6. The molecule has 1 rings (SSSR count). The molecule has 108 valence electrons. The fraction of sp³-hybridized carbons (Fsp3) is 0.625. The Kier molecular flexibility index (Phi) is 6.82. The highest BCUT2D eigenvalue weighted by atomic mass is 19.3. The molecule has 0 radical (unpaired) electrons. The summed E-state index contributed by atoms with van der Waals surface area (Å²) in [6, 6.07) is 6.08. The minimum atomic E-state index is -2.73. The van der Waals surface area contributed by atoms with Crippen LogP contribution in [0.25, 0.3) is 0 Å². The van der Waals surface area contributed by atoms with Gasteiger partial charge in [0, 0.05) is 12.0 Å². The van der Waals surface area contributed by atoms with Crippen molar-refractivity contribution in [3.8, 4) is 5.75 Å². The van der Waals surface area contributed by atoms with Crippen LogP contribution < -0.4 is 4.74 Å². The first-order valence-corrected chi connectivity index (χ1v) is 7.12. The summed E-state index contributed by atoms with van der Waals surface area (Å²) >= 11 is 0. The number of halogens is 2. The van der Waals surface area contributed by atoms with Gasteiger partial charge in [-0.2, -0.15) is 0 Å². The molecule has 1 aromatic rings. The van der Waals surface area contributed by atoms with E-state index in [4.69, 9.17) is 4.74 Å². The highest BCUT2D eigenvalue weighted by Gasteiger charge is 2.30. The number of hydrogen-bond acceptors (Lipinski definition) is 1. The van der Waals surface area contributed by atoms with Crippen molar-refractivity contribution in [3.63, 3.8) is 0 Å². The van der Waals surface area contributed by atoms with Gasteiger partial charge in [-0.1, -0.05) is 39.0 Å². The van der Waals surface area contributed by atoms with E-state index in [0.717, 1.165) is 19.3 Å². The molecule has 0 N–H and O–H groups in total. The predicted molar refractivity (Wildman–Crippen MR) is 74.9 cm³/mol. The molecule has 0 saturated carbocycles. The SMILES string of the molecule is CCCCCCCCC(F)(F)c1ccc(OC)cc1. The lowest BCUT2D eigenvalue weighted by atomic mass is 10.0. The number of methoxy groups -OCH3 is 1. The van der Waals surface area contributed by atoms with E-state index in [1.54, 1.807) is 12.1 Å². The van der Waals surface area contributed by atoms with Crippen LogP contribution in [0.3, 0.4) is 0 Å². The molecule has 0 aliphatic rings. The van der Waals surface area contributed by atoms with Crippen molar-refractivity contribution in [2.24, 2.45) is 0 Å². The molecule has 0 aliphatic heterocycles. The molecule has 0 aliphatic carbocycles. The molecule has 0 aromatic heterocycles. The molecule has 3 heteroatoms. The van der Waals surface area contributed by atoms with Crippen LogP contribution in [0.1, 0.15) is 57.4 Å². The van der Waals surface area contributed by atoms with Crippen molar-refractivity contribution in [1.29, 1.82) is 0 Å². The van der Waals surface area contributed by atoms with Crippen LogP contribution in [0.4, 0.5) is 8.78 Å². The van der Waals surface area contributed by atoms with Gasteiger partial charge < -0.3 is 4.74 Å². The summed E-state index contributed by atoms with van der Waals surface area (Å²) < 4.78 is 32.8. The second kappa shape index (κ2) is 8.13. The van der Waals surface area contributed by atoms with Gasteiger partial charge in [-0.25, -0.2) is 8.78 Å². The monoisotopic (exact) mass is 270 g/mol.